The number of hydrogen-bond acceptors (Lipinski definition) is 6. The van der Waals surface area contributed by atoms with Gasteiger partial charge in [0.1, 0.15) is 5.75 Å². The molecule has 9 heteroatoms. The summed E-state index contributed by atoms with van der Waals surface area (Å²) in [5.41, 5.74) is 2.08. The number of anilines is 2. The van der Waals surface area contributed by atoms with Crippen molar-refractivity contribution >= 4 is 23.3 Å². The Kier molecular flexibility index (Phi) is 8.10. The molecule has 2 N–H and O–H groups in total. The van der Waals surface area contributed by atoms with Crippen molar-refractivity contribution < 1.29 is 22.6 Å². The minimum absolute atomic E-state index is 0.169. The Bertz CT molecular complexity index is 1070. The Morgan fingerprint density at radius 1 is 0.914 bits per heavy atom. The lowest BCUT2D eigenvalue weighted by atomic mass is 9.99. The number of rotatable bonds is 5. The van der Waals surface area contributed by atoms with Gasteiger partial charge >= 0.3 is 6.36 Å². The van der Waals surface area contributed by atoms with E-state index >= 15 is 0 Å². The van der Waals surface area contributed by atoms with Gasteiger partial charge in [0.25, 0.3) is 0 Å². The van der Waals surface area contributed by atoms with Crippen molar-refractivity contribution in [1.82, 2.24) is 10.0 Å². The first kappa shape index (κ1) is 25.2. The number of piperidine rings is 1. The maximum absolute atomic E-state index is 12.3. The molecule has 2 unspecified atom stereocenters. The molecule has 1 fully saturated rings. The maximum Gasteiger partial charge on any atom is 0.573 e. The summed E-state index contributed by atoms with van der Waals surface area (Å²) in [7, 11) is 0. The van der Waals surface area contributed by atoms with Crippen LogP contribution >= 0.6 is 11.9 Å². The van der Waals surface area contributed by atoms with E-state index in [9.17, 15) is 13.2 Å². The SMILES string of the molecule is CC.FC(F)(F)Oc1ccc(SNC2CNCC(N3c4ccccc4Oc4ccccc43)C2)cc1. The number of benzene rings is 3. The van der Waals surface area contributed by atoms with Crippen molar-refractivity contribution in [1.29, 1.82) is 0 Å². The number of fused-ring (bicyclic) bond motifs is 2. The minimum atomic E-state index is -4.69. The summed E-state index contributed by atoms with van der Waals surface area (Å²) < 4.78 is 50.5. The number of nitrogens with zero attached hydrogens (tertiary/aromatic N) is 1. The molecule has 3 aromatic carbocycles. The van der Waals surface area contributed by atoms with E-state index in [2.05, 4.69) is 31.8 Å². The van der Waals surface area contributed by atoms with Crippen molar-refractivity contribution in [3.63, 3.8) is 0 Å². The summed E-state index contributed by atoms with van der Waals surface area (Å²) in [5.74, 6) is 1.44. The average Bonchev–Trinajstić information content (AvgIpc) is 2.87. The topological polar surface area (TPSA) is 45.8 Å². The van der Waals surface area contributed by atoms with Gasteiger partial charge in [-0.2, -0.15) is 0 Å². The van der Waals surface area contributed by atoms with E-state index in [0.717, 1.165) is 47.3 Å². The molecular formula is C26H28F3N3O2S. The Balaban J connectivity index is 0.00000141. The van der Waals surface area contributed by atoms with Crippen LogP contribution in [-0.4, -0.2) is 31.5 Å². The van der Waals surface area contributed by atoms with Crippen molar-refractivity contribution in [3.8, 4) is 17.2 Å². The fraction of sp³-hybridized carbons (Fsp3) is 0.308. The molecule has 3 aromatic rings. The molecule has 0 aliphatic carbocycles. The highest BCUT2D eigenvalue weighted by Crippen LogP contribution is 2.48. The molecule has 2 atom stereocenters. The maximum atomic E-state index is 12.3. The number of halogens is 3. The van der Waals surface area contributed by atoms with Crippen molar-refractivity contribution in [3.05, 3.63) is 72.8 Å². The summed E-state index contributed by atoms with van der Waals surface area (Å²) in [6.45, 7) is 5.63. The molecule has 186 valence electrons. The molecule has 2 heterocycles. The lowest BCUT2D eigenvalue weighted by Crippen LogP contribution is -2.53. The predicted molar refractivity (Wildman–Crippen MR) is 134 cm³/mol. The molecule has 1 saturated heterocycles. The quantitative estimate of drug-likeness (QED) is 0.370. The molecule has 0 amide bonds. The first-order chi connectivity index (χ1) is 17.0. The van der Waals surface area contributed by atoms with Gasteiger partial charge in [-0.15, -0.1) is 13.2 Å². The van der Waals surface area contributed by atoms with Gasteiger partial charge in [-0.1, -0.05) is 38.1 Å². The summed E-state index contributed by atoms with van der Waals surface area (Å²) in [6, 6.07) is 22.3. The van der Waals surface area contributed by atoms with Gasteiger partial charge in [0.15, 0.2) is 11.5 Å². The molecule has 2 aliphatic rings. The fourth-order valence-corrected chi connectivity index (χ4v) is 4.95. The van der Waals surface area contributed by atoms with E-state index in [0.29, 0.717) is 0 Å². The second kappa shape index (κ2) is 11.2. The van der Waals surface area contributed by atoms with Crippen LogP contribution in [0.4, 0.5) is 24.5 Å². The lowest BCUT2D eigenvalue weighted by Gasteiger charge is -2.42. The third-order valence-corrected chi connectivity index (χ3v) is 6.52. The third kappa shape index (κ3) is 6.22. The van der Waals surface area contributed by atoms with Gasteiger partial charge in [-0.25, -0.2) is 0 Å². The fourth-order valence-electron chi connectivity index (χ4n) is 4.19. The summed E-state index contributed by atoms with van der Waals surface area (Å²) in [5, 5.41) is 3.51. The van der Waals surface area contributed by atoms with Crippen LogP contribution in [0.5, 0.6) is 17.2 Å². The van der Waals surface area contributed by atoms with Crippen LogP contribution < -0.4 is 24.4 Å². The summed E-state index contributed by atoms with van der Waals surface area (Å²) >= 11 is 1.40. The van der Waals surface area contributed by atoms with E-state index in [-0.39, 0.29) is 17.8 Å². The van der Waals surface area contributed by atoms with Gasteiger partial charge < -0.3 is 19.7 Å². The van der Waals surface area contributed by atoms with E-state index in [1.54, 1.807) is 12.1 Å². The van der Waals surface area contributed by atoms with Crippen LogP contribution in [0.1, 0.15) is 20.3 Å². The molecule has 5 nitrogen and oxygen atoms in total. The highest BCUT2D eigenvalue weighted by molar-refractivity contribution is 7.97. The summed E-state index contributed by atoms with van der Waals surface area (Å²) in [4.78, 5) is 3.15. The monoisotopic (exact) mass is 503 g/mol. The van der Waals surface area contributed by atoms with Gasteiger partial charge in [0.05, 0.1) is 11.4 Å². The van der Waals surface area contributed by atoms with Crippen LogP contribution in [0.25, 0.3) is 0 Å². The number of hydrogen-bond donors (Lipinski definition) is 2. The second-order valence-corrected chi connectivity index (χ2v) is 8.80. The first-order valence-electron chi connectivity index (χ1n) is 11.6. The zero-order valence-corrected chi connectivity index (χ0v) is 20.3. The minimum Gasteiger partial charge on any atom is -0.453 e. The molecule has 2 aliphatic heterocycles. The Hall–Kier alpha value is -2.88. The van der Waals surface area contributed by atoms with Gasteiger partial charge in [-0.05, 0) is 66.9 Å². The van der Waals surface area contributed by atoms with Crippen molar-refractivity contribution in [2.24, 2.45) is 0 Å². The predicted octanol–water partition coefficient (Wildman–Crippen LogP) is 6.88. The van der Waals surface area contributed by atoms with Gasteiger partial charge in [0, 0.05) is 30.1 Å². The zero-order valence-electron chi connectivity index (χ0n) is 19.5. The number of ether oxygens (including phenoxy) is 2. The van der Waals surface area contributed by atoms with Crippen LogP contribution in [0.3, 0.4) is 0 Å². The van der Waals surface area contributed by atoms with E-state index in [1.807, 2.05) is 50.2 Å². The molecule has 0 saturated carbocycles. The van der Waals surface area contributed by atoms with E-state index in [4.69, 9.17) is 4.74 Å². The van der Waals surface area contributed by atoms with E-state index in [1.165, 1.54) is 24.1 Å². The van der Waals surface area contributed by atoms with Gasteiger partial charge in [0.2, 0.25) is 0 Å². The average molecular weight is 504 g/mol. The van der Waals surface area contributed by atoms with Crippen LogP contribution in [-0.2, 0) is 0 Å². The van der Waals surface area contributed by atoms with Crippen molar-refractivity contribution in [2.45, 2.75) is 43.6 Å². The van der Waals surface area contributed by atoms with Gasteiger partial charge in [-0.3, -0.25) is 4.72 Å². The number of alkyl halides is 3. The zero-order chi connectivity index (χ0) is 24.8. The van der Waals surface area contributed by atoms with Crippen LogP contribution in [0.15, 0.2) is 77.7 Å². The largest absolute Gasteiger partial charge is 0.573 e. The third-order valence-electron chi connectivity index (χ3n) is 5.56. The number of nitrogens with one attached hydrogen (secondary N) is 2. The van der Waals surface area contributed by atoms with Crippen molar-refractivity contribution in [2.75, 3.05) is 18.0 Å². The Morgan fingerprint density at radius 3 is 2.11 bits per heavy atom. The smallest absolute Gasteiger partial charge is 0.453 e. The Labute approximate surface area is 207 Å². The molecule has 0 aromatic heterocycles. The molecule has 0 bridgehead atoms. The first-order valence-corrected chi connectivity index (χ1v) is 12.4. The molecule has 0 radical (unpaired) electrons. The second-order valence-electron chi connectivity index (χ2n) is 7.89. The lowest BCUT2D eigenvalue weighted by molar-refractivity contribution is -0.274. The summed E-state index contributed by atoms with van der Waals surface area (Å²) in [6.07, 6.45) is -3.80. The number of para-hydroxylation sites is 4. The van der Waals surface area contributed by atoms with E-state index < -0.39 is 6.36 Å². The molecule has 5 rings (SSSR count). The normalized spacial score (nSPS) is 18.9. The highest BCUT2D eigenvalue weighted by atomic mass is 32.2. The molecular weight excluding hydrogens is 475 g/mol. The highest BCUT2D eigenvalue weighted by Gasteiger charge is 2.33. The van der Waals surface area contributed by atoms with Crippen LogP contribution in [0, 0.1) is 0 Å². The van der Waals surface area contributed by atoms with Crippen LogP contribution in [0.2, 0.25) is 0 Å². The standard InChI is InChI=1S/C24H22F3N3O2S.C2H6/c25-24(26,27)32-18-9-11-19(12-10-18)33-29-16-13-17(15-28-14-16)30-20-5-1-3-7-22(20)31-23-8-4-2-6-21(23)30;1-2/h1-12,16-17,28-29H,13-15H2;1-2H3. The molecule has 0 spiro atoms. The molecule has 35 heavy (non-hydrogen) atoms. The Morgan fingerprint density at radius 2 is 1.51 bits per heavy atom.